The van der Waals surface area contributed by atoms with Gasteiger partial charge in [-0.05, 0) is 31.1 Å². The molecular weight excluding hydrogens is 624 g/mol. The molecule has 0 aliphatic heterocycles. The van der Waals surface area contributed by atoms with Crippen molar-refractivity contribution in [1.29, 1.82) is 0 Å². The van der Waals surface area contributed by atoms with Crippen LogP contribution in [0.5, 0.6) is 0 Å². The maximum Gasteiger partial charge on any atom is 0.306 e. The van der Waals surface area contributed by atoms with Crippen LogP contribution in [0.15, 0.2) is 0 Å². The van der Waals surface area contributed by atoms with Crippen LogP contribution in [0.3, 0.4) is 0 Å². The third-order valence-electron chi connectivity index (χ3n) is 9.72. The highest BCUT2D eigenvalue weighted by Gasteiger charge is 2.19. The van der Waals surface area contributed by atoms with Crippen LogP contribution in [0.25, 0.3) is 0 Å². The molecule has 0 heterocycles. The standard InChI is InChI=1S/C44H84O6/c1-6-7-8-9-10-12-19-24-29-34-42(45)48-37-41(50-44(47)36-31-26-21-16-15-18-23-28-33-40(4)5)38-49-43(46)35-30-25-20-14-11-13-17-22-27-32-39(2)3/h39-41H,6-38H2,1-5H3/t41-/m0/s1. The van der Waals surface area contributed by atoms with E-state index in [9.17, 15) is 14.4 Å². The van der Waals surface area contributed by atoms with Gasteiger partial charge >= 0.3 is 17.9 Å². The number of esters is 3. The quantitative estimate of drug-likeness (QED) is 0.0361. The van der Waals surface area contributed by atoms with Crippen molar-refractivity contribution in [1.82, 2.24) is 0 Å². The smallest absolute Gasteiger partial charge is 0.306 e. The molecule has 0 rings (SSSR count). The summed E-state index contributed by atoms with van der Waals surface area (Å²) in [7, 11) is 0. The Morgan fingerprint density at radius 3 is 0.980 bits per heavy atom. The lowest BCUT2D eigenvalue weighted by Crippen LogP contribution is -2.30. The van der Waals surface area contributed by atoms with E-state index in [4.69, 9.17) is 14.2 Å². The van der Waals surface area contributed by atoms with Crippen molar-refractivity contribution < 1.29 is 28.6 Å². The molecule has 0 N–H and O–H groups in total. The normalized spacial score (nSPS) is 12.1. The van der Waals surface area contributed by atoms with E-state index in [1.165, 1.54) is 122 Å². The topological polar surface area (TPSA) is 78.9 Å². The minimum absolute atomic E-state index is 0.0659. The Labute approximate surface area is 310 Å². The molecule has 0 bridgehead atoms. The molecule has 6 nitrogen and oxygen atoms in total. The van der Waals surface area contributed by atoms with Gasteiger partial charge in [-0.15, -0.1) is 0 Å². The van der Waals surface area contributed by atoms with Crippen LogP contribution in [-0.4, -0.2) is 37.2 Å². The minimum atomic E-state index is -0.759. The van der Waals surface area contributed by atoms with Crippen molar-refractivity contribution in [2.75, 3.05) is 13.2 Å². The molecule has 0 unspecified atom stereocenters. The molecule has 50 heavy (non-hydrogen) atoms. The molecule has 0 aliphatic carbocycles. The van der Waals surface area contributed by atoms with Crippen molar-refractivity contribution in [2.45, 2.75) is 240 Å². The van der Waals surface area contributed by atoms with Gasteiger partial charge in [0, 0.05) is 19.3 Å². The lowest BCUT2D eigenvalue weighted by molar-refractivity contribution is -0.167. The van der Waals surface area contributed by atoms with Gasteiger partial charge in [0.1, 0.15) is 13.2 Å². The molecule has 0 radical (unpaired) electrons. The molecule has 1 atom stereocenters. The van der Waals surface area contributed by atoms with E-state index < -0.39 is 6.10 Å². The Kier molecular flexibility index (Phi) is 36.0. The number of unbranched alkanes of at least 4 members (excludes halogenated alkanes) is 23. The van der Waals surface area contributed by atoms with Gasteiger partial charge in [0.2, 0.25) is 0 Å². The number of rotatable bonds is 38. The molecular formula is C44H84O6. The van der Waals surface area contributed by atoms with Crippen molar-refractivity contribution >= 4 is 17.9 Å². The Morgan fingerprint density at radius 1 is 0.380 bits per heavy atom. The second-order valence-electron chi connectivity index (χ2n) is 15.9. The summed E-state index contributed by atoms with van der Waals surface area (Å²) in [5.41, 5.74) is 0. The molecule has 0 fully saturated rings. The van der Waals surface area contributed by atoms with E-state index in [-0.39, 0.29) is 31.1 Å². The van der Waals surface area contributed by atoms with E-state index in [0.717, 1.165) is 69.6 Å². The Hall–Kier alpha value is -1.59. The third kappa shape index (κ3) is 37.7. The average Bonchev–Trinajstić information content (AvgIpc) is 3.08. The molecule has 0 aromatic rings. The van der Waals surface area contributed by atoms with E-state index in [2.05, 4.69) is 34.6 Å². The first-order valence-electron chi connectivity index (χ1n) is 21.7. The summed E-state index contributed by atoms with van der Waals surface area (Å²) in [6, 6.07) is 0. The predicted octanol–water partition coefficient (Wildman–Crippen LogP) is 13.4. The first kappa shape index (κ1) is 48.4. The summed E-state index contributed by atoms with van der Waals surface area (Å²) in [4.78, 5) is 37.6. The first-order valence-corrected chi connectivity index (χ1v) is 21.7. The van der Waals surface area contributed by atoms with Gasteiger partial charge in [0.15, 0.2) is 6.10 Å². The van der Waals surface area contributed by atoms with E-state index in [1.54, 1.807) is 0 Å². The first-order chi connectivity index (χ1) is 24.2. The number of carbonyl (C=O) groups is 3. The number of ether oxygens (including phenoxy) is 3. The van der Waals surface area contributed by atoms with Gasteiger partial charge < -0.3 is 14.2 Å². The van der Waals surface area contributed by atoms with Crippen LogP contribution < -0.4 is 0 Å². The number of carbonyl (C=O) groups excluding carboxylic acids is 3. The molecule has 0 aliphatic rings. The van der Waals surface area contributed by atoms with Gasteiger partial charge in [-0.3, -0.25) is 14.4 Å². The van der Waals surface area contributed by atoms with E-state index in [0.29, 0.717) is 19.3 Å². The predicted molar refractivity (Wildman–Crippen MR) is 210 cm³/mol. The van der Waals surface area contributed by atoms with Gasteiger partial charge in [-0.2, -0.15) is 0 Å². The second-order valence-corrected chi connectivity index (χ2v) is 15.9. The SMILES string of the molecule is CCCCCCCCCCCC(=O)OC[C@@H](COC(=O)CCCCCCCCCCCC(C)C)OC(=O)CCCCCCCCCCC(C)C. The largest absolute Gasteiger partial charge is 0.462 e. The third-order valence-corrected chi connectivity index (χ3v) is 9.72. The zero-order valence-corrected chi connectivity index (χ0v) is 34.0. The second kappa shape index (κ2) is 37.2. The lowest BCUT2D eigenvalue weighted by atomic mass is 10.0. The van der Waals surface area contributed by atoms with Crippen LogP contribution in [0, 0.1) is 11.8 Å². The van der Waals surface area contributed by atoms with Gasteiger partial charge in [-0.1, -0.05) is 195 Å². The monoisotopic (exact) mass is 709 g/mol. The summed E-state index contributed by atoms with van der Waals surface area (Å²) < 4.78 is 16.7. The Morgan fingerprint density at radius 2 is 0.660 bits per heavy atom. The molecule has 0 saturated heterocycles. The fraction of sp³-hybridized carbons (Fsp3) is 0.932. The van der Waals surface area contributed by atoms with Crippen molar-refractivity contribution in [2.24, 2.45) is 11.8 Å². The van der Waals surface area contributed by atoms with Crippen molar-refractivity contribution in [3.63, 3.8) is 0 Å². The summed E-state index contributed by atoms with van der Waals surface area (Å²) in [6.07, 6.45) is 33.8. The van der Waals surface area contributed by atoms with Crippen LogP contribution in [-0.2, 0) is 28.6 Å². The zero-order valence-electron chi connectivity index (χ0n) is 34.0. The minimum Gasteiger partial charge on any atom is -0.462 e. The molecule has 0 spiro atoms. The molecule has 296 valence electrons. The zero-order chi connectivity index (χ0) is 36.9. The highest BCUT2D eigenvalue weighted by atomic mass is 16.6. The van der Waals surface area contributed by atoms with Crippen LogP contribution in [0.4, 0.5) is 0 Å². The highest BCUT2D eigenvalue weighted by molar-refractivity contribution is 5.71. The summed E-state index contributed by atoms with van der Waals surface area (Å²) in [5, 5.41) is 0. The highest BCUT2D eigenvalue weighted by Crippen LogP contribution is 2.16. The Bertz CT molecular complexity index is 764. The fourth-order valence-electron chi connectivity index (χ4n) is 6.40. The lowest BCUT2D eigenvalue weighted by Gasteiger charge is -2.18. The number of hydrogen-bond acceptors (Lipinski definition) is 6. The van der Waals surface area contributed by atoms with Gasteiger partial charge in [0.05, 0.1) is 0 Å². The van der Waals surface area contributed by atoms with Crippen LogP contribution in [0.1, 0.15) is 234 Å². The Balaban J connectivity index is 4.34. The average molecular weight is 709 g/mol. The maximum absolute atomic E-state index is 12.7. The maximum atomic E-state index is 12.7. The van der Waals surface area contributed by atoms with Crippen molar-refractivity contribution in [3.8, 4) is 0 Å². The van der Waals surface area contributed by atoms with Crippen LogP contribution >= 0.6 is 0 Å². The van der Waals surface area contributed by atoms with Crippen molar-refractivity contribution in [3.05, 3.63) is 0 Å². The summed E-state index contributed by atoms with van der Waals surface area (Å²) in [5.74, 6) is 0.737. The molecule has 6 heteroatoms. The van der Waals surface area contributed by atoms with E-state index >= 15 is 0 Å². The van der Waals surface area contributed by atoms with Crippen LogP contribution in [0.2, 0.25) is 0 Å². The molecule has 0 amide bonds. The van der Waals surface area contributed by atoms with Gasteiger partial charge in [-0.25, -0.2) is 0 Å². The summed E-state index contributed by atoms with van der Waals surface area (Å²) in [6.45, 7) is 11.3. The molecule has 0 saturated carbocycles. The van der Waals surface area contributed by atoms with Gasteiger partial charge in [0.25, 0.3) is 0 Å². The summed E-state index contributed by atoms with van der Waals surface area (Å²) >= 11 is 0. The number of hydrogen-bond donors (Lipinski definition) is 0. The molecule has 0 aromatic carbocycles. The fourth-order valence-corrected chi connectivity index (χ4v) is 6.40. The molecule has 0 aromatic heterocycles. The van der Waals surface area contributed by atoms with E-state index in [1.807, 2.05) is 0 Å².